The standard InChI is InChI=1S/C11H20N2O/c1-12-11(14)7-8-13-9-10-5-3-2-4-6-10/h2-3,10,13H,4-9H2,1H3,(H,12,14). The van der Waals surface area contributed by atoms with Crippen LogP contribution in [0.15, 0.2) is 12.2 Å². The van der Waals surface area contributed by atoms with Gasteiger partial charge in [0.2, 0.25) is 5.91 Å². The van der Waals surface area contributed by atoms with Gasteiger partial charge >= 0.3 is 0 Å². The van der Waals surface area contributed by atoms with Crippen LogP contribution in [-0.2, 0) is 4.79 Å². The van der Waals surface area contributed by atoms with Gasteiger partial charge in [-0.3, -0.25) is 4.79 Å². The zero-order valence-corrected chi connectivity index (χ0v) is 8.88. The van der Waals surface area contributed by atoms with E-state index in [0.717, 1.165) is 19.0 Å². The van der Waals surface area contributed by atoms with Crippen molar-refractivity contribution in [2.75, 3.05) is 20.1 Å². The van der Waals surface area contributed by atoms with Gasteiger partial charge in [-0.2, -0.15) is 0 Å². The highest BCUT2D eigenvalue weighted by atomic mass is 16.1. The van der Waals surface area contributed by atoms with Crippen LogP contribution in [0.1, 0.15) is 25.7 Å². The van der Waals surface area contributed by atoms with Gasteiger partial charge in [-0.05, 0) is 31.7 Å². The van der Waals surface area contributed by atoms with Crippen molar-refractivity contribution in [3.8, 4) is 0 Å². The number of nitrogens with one attached hydrogen (secondary N) is 2. The summed E-state index contributed by atoms with van der Waals surface area (Å²) in [4.78, 5) is 10.9. The summed E-state index contributed by atoms with van der Waals surface area (Å²) in [6.07, 6.45) is 8.77. The van der Waals surface area contributed by atoms with Crippen LogP contribution in [0.4, 0.5) is 0 Å². The minimum Gasteiger partial charge on any atom is -0.359 e. The van der Waals surface area contributed by atoms with Gasteiger partial charge in [0.1, 0.15) is 0 Å². The lowest BCUT2D eigenvalue weighted by atomic mass is 9.94. The highest BCUT2D eigenvalue weighted by Gasteiger charge is 2.08. The third-order valence-electron chi connectivity index (χ3n) is 2.62. The molecule has 0 aliphatic heterocycles. The Morgan fingerprint density at radius 2 is 2.36 bits per heavy atom. The molecule has 1 atom stereocenters. The largest absolute Gasteiger partial charge is 0.359 e. The van der Waals surface area contributed by atoms with Crippen LogP contribution < -0.4 is 10.6 Å². The number of rotatable bonds is 5. The van der Waals surface area contributed by atoms with E-state index in [2.05, 4.69) is 22.8 Å². The number of hydrogen-bond donors (Lipinski definition) is 2. The van der Waals surface area contributed by atoms with Crippen molar-refractivity contribution in [3.63, 3.8) is 0 Å². The zero-order valence-electron chi connectivity index (χ0n) is 8.88. The number of carbonyl (C=O) groups excluding carboxylic acids is 1. The molecule has 1 aliphatic carbocycles. The van der Waals surface area contributed by atoms with Crippen molar-refractivity contribution in [2.24, 2.45) is 5.92 Å². The van der Waals surface area contributed by atoms with Gasteiger partial charge in [0, 0.05) is 20.0 Å². The molecule has 3 heteroatoms. The lowest BCUT2D eigenvalue weighted by Gasteiger charge is -2.17. The Balaban J connectivity index is 1.98. The summed E-state index contributed by atoms with van der Waals surface area (Å²) in [6.45, 7) is 1.83. The average molecular weight is 196 g/mol. The Kier molecular flexibility index (Phi) is 5.30. The smallest absolute Gasteiger partial charge is 0.221 e. The molecule has 14 heavy (non-hydrogen) atoms. The molecule has 0 heterocycles. The van der Waals surface area contributed by atoms with E-state index >= 15 is 0 Å². The van der Waals surface area contributed by atoms with Gasteiger partial charge in [-0.25, -0.2) is 0 Å². The molecule has 0 fully saturated rings. The fraction of sp³-hybridized carbons (Fsp3) is 0.727. The molecule has 1 rings (SSSR count). The second-order valence-electron chi connectivity index (χ2n) is 3.78. The number of carbonyl (C=O) groups is 1. The van der Waals surface area contributed by atoms with Gasteiger partial charge in [0.15, 0.2) is 0 Å². The topological polar surface area (TPSA) is 41.1 Å². The first-order valence-corrected chi connectivity index (χ1v) is 5.39. The summed E-state index contributed by atoms with van der Waals surface area (Å²) in [7, 11) is 1.67. The van der Waals surface area contributed by atoms with Gasteiger partial charge in [0.25, 0.3) is 0 Å². The molecular formula is C11H20N2O. The van der Waals surface area contributed by atoms with E-state index in [1.807, 2.05) is 0 Å². The second-order valence-corrected chi connectivity index (χ2v) is 3.78. The van der Waals surface area contributed by atoms with E-state index in [1.54, 1.807) is 7.05 Å². The van der Waals surface area contributed by atoms with Gasteiger partial charge in [-0.15, -0.1) is 0 Å². The normalized spacial score (nSPS) is 20.8. The molecule has 0 spiro atoms. The first-order valence-electron chi connectivity index (χ1n) is 5.39. The fourth-order valence-electron chi connectivity index (χ4n) is 1.67. The summed E-state index contributed by atoms with van der Waals surface area (Å²) in [5.74, 6) is 0.880. The van der Waals surface area contributed by atoms with Crippen molar-refractivity contribution in [3.05, 3.63) is 12.2 Å². The molecule has 0 aromatic heterocycles. The van der Waals surface area contributed by atoms with Crippen LogP contribution in [0.2, 0.25) is 0 Å². The predicted molar refractivity (Wildman–Crippen MR) is 58.0 cm³/mol. The number of amides is 1. The molecule has 1 unspecified atom stereocenters. The molecule has 0 saturated carbocycles. The SMILES string of the molecule is CNC(=O)CCNCC1CC=CCC1. The molecule has 0 bridgehead atoms. The summed E-state index contributed by atoms with van der Waals surface area (Å²) < 4.78 is 0. The fourth-order valence-corrected chi connectivity index (χ4v) is 1.67. The van der Waals surface area contributed by atoms with Crippen LogP contribution in [-0.4, -0.2) is 26.0 Å². The molecule has 0 saturated heterocycles. The van der Waals surface area contributed by atoms with Crippen molar-refractivity contribution < 1.29 is 4.79 Å². The van der Waals surface area contributed by atoms with Crippen molar-refractivity contribution in [1.29, 1.82) is 0 Å². The first-order chi connectivity index (χ1) is 6.83. The molecule has 3 nitrogen and oxygen atoms in total. The number of allylic oxidation sites excluding steroid dienone is 2. The zero-order chi connectivity index (χ0) is 10.2. The lowest BCUT2D eigenvalue weighted by molar-refractivity contribution is -0.120. The Hall–Kier alpha value is -0.830. The van der Waals surface area contributed by atoms with Gasteiger partial charge in [-0.1, -0.05) is 12.2 Å². The second kappa shape index (κ2) is 6.60. The lowest BCUT2D eigenvalue weighted by Crippen LogP contribution is -2.28. The number of hydrogen-bond acceptors (Lipinski definition) is 2. The molecule has 1 aliphatic rings. The van der Waals surface area contributed by atoms with E-state index < -0.39 is 0 Å². The molecule has 0 aromatic carbocycles. The molecule has 0 aromatic rings. The third-order valence-corrected chi connectivity index (χ3v) is 2.62. The third kappa shape index (κ3) is 4.42. The molecule has 0 radical (unpaired) electrons. The minimum atomic E-state index is 0.112. The highest BCUT2D eigenvalue weighted by molar-refractivity contribution is 5.75. The van der Waals surface area contributed by atoms with Crippen LogP contribution in [0.5, 0.6) is 0 Å². The monoisotopic (exact) mass is 196 g/mol. The predicted octanol–water partition coefficient (Wildman–Crippen LogP) is 1.07. The van der Waals surface area contributed by atoms with E-state index in [9.17, 15) is 4.79 Å². The summed E-state index contributed by atoms with van der Waals surface area (Å²) in [5, 5.41) is 5.94. The Morgan fingerprint density at radius 3 is 3.00 bits per heavy atom. The van der Waals surface area contributed by atoms with Gasteiger partial charge in [0.05, 0.1) is 0 Å². The maximum Gasteiger partial charge on any atom is 0.221 e. The average Bonchev–Trinajstić information content (AvgIpc) is 2.25. The van der Waals surface area contributed by atoms with Crippen LogP contribution in [0.25, 0.3) is 0 Å². The van der Waals surface area contributed by atoms with E-state index in [1.165, 1.54) is 19.3 Å². The Bertz CT molecular complexity index is 201. The van der Waals surface area contributed by atoms with Crippen molar-refractivity contribution in [2.45, 2.75) is 25.7 Å². The Morgan fingerprint density at radius 1 is 1.50 bits per heavy atom. The van der Waals surface area contributed by atoms with Crippen LogP contribution >= 0.6 is 0 Å². The highest BCUT2D eigenvalue weighted by Crippen LogP contribution is 2.16. The Labute approximate surface area is 86.0 Å². The molecule has 1 amide bonds. The molecule has 80 valence electrons. The summed E-state index contributed by atoms with van der Waals surface area (Å²) in [6, 6.07) is 0. The molecule has 2 N–H and O–H groups in total. The van der Waals surface area contributed by atoms with Crippen molar-refractivity contribution >= 4 is 5.91 Å². The first kappa shape index (κ1) is 11.2. The quantitative estimate of drug-likeness (QED) is 0.510. The van der Waals surface area contributed by atoms with Crippen LogP contribution in [0, 0.1) is 5.92 Å². The van der Waals surface area contributed by atoms with Crippen molar-refractivity contribution in [1.82, 2.24) is 10.6 Å². The minimum absolute atomic E-state index is 0.112. The maximum absolute atomic E-state index is 10.9. The summed E-state index contributed by atoms with van der Waals surface area (Å²) in [5.41, 5.74) is 0. The van der Waals surface area contributed by atoms with E-state index in [0.29, 0.717) is 6.42 Å². The maximum atomic E-state index is 10.9. The molecular weight excluding hydrogens is 176 g/mol. The van der Waals surface area contributed by atoms with E-state index in [-0.39, 0.29) is 5.91 Å². The van der Waals surface area contributed by atoms with Gasteiger partial charge < -0.3 is 10.6 Å². The van der Waals surface area contributed by atoms with E-state index in [4.69, 9.17) is 0 Å². The van der Waals surface area contributed by atoms with Crippen LogP contribution in [0.3, 0.4) is 0 Å². The summed E-state index contributed by atoms with van der Waals surface area (Å²) >= 11 is 0.